The largest absolute Gasteiger partial charge is 0.342 e. The average molecular weight is 385 g/mol. The number of hydrogen-bond donors (Lipinski definition) is 3. The van der Waals surface area contributed by atoms with E-state index in [0.29, 0.717) is 15.8 Å². The summed E-state index contributed by atoms with van der Waals surface area (Å²) in [5, 5.41) is 6.45. The number of carbonyl (C=O) groups is 2. The number of benzene rings is 2. The van der Waals surface area contributed by atoms with E-state index in [9.17, 15) is 9.59 Å². The molecule has 0 bridgehead atoms. The van der Waals surface area contributed by atoms with Crippen molar-refractivity contribution in [3.63, 3.8) is 0 Å². The molecule has 0 saturated heterocycles. The van der Waals surface area contributed by atoms with Crippen molar-refractivity contribution in [2.24, 2.45) is 0 Å². The van der Waals surface area contributed by atoms with Gasteiger partial charge in [-0.2, -0.15) is 0 Å². The molecule has 8 heteroatoms. The molecule has 3 N–H and O–H groups in total. The fourth-order valence-corrected chi connectivity index (χ4v) is 4.02. The summed E-state index contributed by atoms with van der Waals surface area (Å²) in [7, 11) is 0. The first-order chi connectivity index (χ1) is 12.6. The third kappa shape index (κ3) is 3.14. The summed E-state index contributed by atoms with van der Waals surface area (Å²) in [6.07, 6.45) is 0. The second-order valence-electron chi connectivity index (χ2n) is 5.57. The van der Waals surface area contributed by atoms with Crippen LogP contribution >= 0.6 is 22.9 Å². The maximum atomic E-state index is 12.3. The molecule has 2 aromatic carbocycles. The fourth-order valence-electron chi connectivity index (χ4n) is 2.59. The highest BCUT2D eigenvalue weighted by molar-refractivity contribution is 7.21. The maximum absolute atomic E-state index is 12.3. The van der Waals surface area contributed by atoms with Gasteiger partial charge in [-0.3, -0.25) is 14.9 Å². The van der Waals surface area contributed by atoms with Crippen molar-refractivity contribution < 1.29 is 9.59 Å². The van der Waals surface area contributed by atoms with Gasteiger partial charge >= 0.3 is 0 Å². The minimum atomic E-state index is -0.380. The number of rotatable bonds is 4. The first kappa shape index (κ1) is 16.6. The van der Waals surface area contributed by atoms with Crippen LogP contribution in [-0.2, 0) is 4.79 Å². The summed E-state index contributed by atoms with van der Waals surface area (Å²) in [5.74, 6) is -0.420. The molecule has 0 unspecified atom stereocenters. The predicted molar refractivity (Wildman–Crippen MR) is 104 cm³/mol. The molecule has 0 aliphatic carbocycles. The molecular formula is C18H13ClN4O2S. The van der Waals surface area contributed by atoms with Gasteiger partial charge in [-0.05, 0) is 18.2 Å². The Labute approximate surface area is 157 Å². The van der Waals surface area contributed by atoms with Crippen LogP contribution in [0.25, 0.3) is 21.1 Å². The van der Waals surface area contributed by atoms with Crippen LogP contribution in [-0.4, -0.2) is 28.3 Å². The Morgan fingerprint density at radius 3 is 2.69 bits per heavy atom. The molecule has 0 saturated carbocycles. The zero-order valence-corrected chi connectivity index (χ0v) is 14.9. The van der Waals surface area contributed by atoms with Gasteiger partial charge in [-0.15, -0.1) is 11.3 Å². The molecule has 2 aromatic heterocycles. The fraction of sp³-hybridized carbons (Fsp3) is 0.0556. The molecule has 4 aromatic rings. The number of anilines is 1. The zero-order chi connectivity index (χ0) is 18.1. The molecule has 6 nitrogen and oxygen atoms in total. The van der Waals surface area contributed by atoms with E-state index < -0.39 is 0 Å². The summed E-state index contributed by atoms with van der Waals surface area (Å²) in [6, 6.07) is 15.0. The molecular weight excluding hydrogens is 372 g/mol. The van der Waals surface area contributed by atoms with Crippen molar-refractivity contribution in [2.75, 3.05) is 11.9 Å². The third-order valence-electron chi connectivity index (χ3n) is 3.80. The normalized spacial score (nSPS) is 11.0. The van der Waals surface area contributed by atoms with Gasteiger partial charge in [-0.25, -0.2) is 4.98 Å². The second-order valence-corrected chi connectivity index (χ2v) is 7.00. The summed E-state index contributed by atoms with van der Waals surface area (Å²) in [4.78, 5) is 32.1. The summed E-state index contributed by atoms with van der Waals surface area (Å²) in [5.41, 5.74) is 1.58. The SMILES string of the molecule is O=C(CNC(=O)c1sc2ccccc2c1Cl)Nc1nc2ccccc2[nH]1. The Balaban J connectivity index is 1.41. The van der Waals surface area contributed by atoms with Crippen molar-refractivity contribution in [3.05, 3.63) is 58.4 Å². The molecule has 0 aliphatic heterocycles. The van der Waals surface area contributed by atoms with Gasteiger partial charge in [0.2, 0.25) is 11.9 Å². The van der Waals surface area contributed by atoms with Crippen molar-refractivity contribution >= 4 is 61.8 Å². The molecule has 0 atom stereocenters. The van der Waals surface area contributed by atoms with Gasteiger partial charge in [0.05, 0.1) is 22.6 Å². The molecule has 2 amide bonds. The summed E-state index contributed by atoms with van der Waals surface area (Å²) >= 11 is 7.57. The third-order valence-corrected chi connectivity index (χ3v) is 5.47. The molecule has 130 valence electrons. The number of para-hydroxylation sites is 2. The Kier molecular flexibility index (Phi) is 4.32. The van der Waals surface area contributed by atoms with E-state index >= 15 is 0 Å². The van der Waals surface area contributed by atoms with Crippen LogP contribution in [0.5, 0.6) is 0 Å². The predicted octanol–water partition coefficient (Wildman–Crippen LogP) is 3.80. The minimum absolute atomic E-state index is 0.180. The maximum Gasteiger partial charge on any atom is 0.263 e. The van der Waals surface area contributed by atoms with E-state index in [-0.39, 0.29) is 18.4 Å². The van der Waals surface area contributed by atoms with Crippen molar-refractivity contribution in [2.45, 2.75) is 0 Å². The highest BCUT2D eigenvalue weighted by Gasteiger charge is 2.17. The number of halogens is 1. The van der Waals surface area contributed by atoms with Gasteiger partial charge in [0, 0.05) is 10.1 Å². The monoisotopic (exact) mass is 384 g/mol. The molecule has 0 radical (unpaired) electrons. The van der Waals surface area contributed by atoms with Crippen LogP contribution < -0.4 is 10.6 Å². The number of aromatic nitrogens is 2. The van der Waals surface area contributed by atoms with E-state index in [1.54, 1.807) is 0 Å². The molecule has 2 heterocycles. The molecule has 26 heavy (non-hydrogen) atoms. The van der Waals surface area contributed by atoms with Crippen LogP contribution in [0.3, 0.4) is 0 Å². The number of aromatic amines is 1. The first-order valence-corrected chi connectivity index (χ1v) is 9.01. The highest BCUT2D eigenvalue weighted by atomic mass is 35.5. The molecule has 0 spiro atoms. The number of nitrogens with zero attached hydrogens (tertiary/aromatic N) is 1. The number of H-pyrrole nitrogens is 1. The van der Waals surface area contributed by atoms with Gasteiger partial charge in [0.25, 0.3) is 5.91 Å². The molecule has 4 rings (SSSR count). The lowest BCUT2D eigenvalue weighted by Crippen LogP contribution is -2.32. The molecule has 0 fully saturated rings. The number of carbonyl (C=O) groups excluding carboxylic acids is 2. The first-order valence-electron chi connectivity index (χ1n) is 7.81. The van der Waals surface area contributed by atoms with E-state index in [1.807, 2.05) is 48.5 Å². The van der Waals surface area contributed by atoms with Gasteiger partial charge in [0.15, 0.2) is 0 Å². The topological polar surface area (TPSA) is 86.9 Å². The second kappa shape index (κ2) is 6.78. The Morgan fingerprint density at radius 1 is 1.12 bits per heavy atom. The van der Waals surface area contributed by atoms with Crippen LogP contribution in [0.15, 0.2) is 48.5 Å². The Hall–Kier alpha value is -2.90. The van der Waals surface area contributed by atoms with Gasteiger partial charge < -0.3 is 10.3 Å². The van der Waals surface area contributed by atoms with Crippen molar-refractivity contribution in [1.82, 2.24) is 15.3 Å². The minimum Gasteiger partial charge on any atom is -0.342 e. The molecule has 0 aliphatic rings. The van der Waals surface area contributed by atoms with E-state index in [1.165, 1.54) is 11.3 Å². The average Bonchev–Trinajstić information content (AvgIpc) is 3.20. The number of nitrogens with one attached hydrogen (secondary N) is 3. The standard InChI is InChI=1S/C18H13ClN4O2S/c19-15-10-5-1-4-8-13(10)26-16(15)17(25)20-9-14(24)23-18-21-11-6-2-3-7-12(11)22-18/h1-8H,9H2,(H,20,25)(H2,21,22,23,24). The smallest absolute Gasteiger partial charge is 0.263 e. The quantitative estimate of drug-likeness (QED) is 0.500. The lowest BCUT2D eigenvalue weighted by molar-refractivity contribution is -0.115. The van der Waals surface area contributed by atoms with Gasteiger partial charge in [0.1, 0.15) is 4.88 Å². The zero-order valence-electron chi connectivity index (χ0n) is 13.4. The van der Waals surface area contributed by atoms with Crippen LogP contribution in [0.4, 0.5) is 5.95 Å². The number of amides is 2. The summed E-state index contributed by atoms with van der Waals surface area (Å²) < 4.78 is 0.925. The lowest BCUT2D eigenvalue weighted by Gasteiger charge is -2.04. The Morgan fingerprint density at radius 2 is 1.88 bits per heavy atom. The number of fused-ring (bicyclic) bond motifs is 2. The van der Waals surface area contributed by atoms with Crippen LogP contribution in [0.1, 0.15) is 9.67 Å². The van der Waals surface area contributed by atoms with Crippen LogP contribution in [0, 0.1) is 0 Å². The van der Waals surface area contributed by atoms with E-state index in [2.05, 4.69) is 20.6 Å². The summed E-state index contributed by atoms with van der Waals surface area (Å²) in [6.45, 7) is -0.180. The van der Waals surface area contributed by atoms with Gasteiger partial charge in [-0.1, -0.05) is 41.9 Å². The van der Waals surface area contributed by atoms with E-state index in [0.717, 1.165) is 21.1 Å². The van der Waals surface area contributed by atoms with Crippen molar-refractivity contribution in [3.8, 4) is 0 Å². The number of imidazole rings is 1. The number of thiophene rings is 1. The van der Waals surface area contributed by atoms with Crippen molar-refractivity contribution in [1.29, 1.82) is 0 Å². The number of hydrogen-bond acceptors (Lipinski definition) is 4. The van der Waals surface area contributed by atoms with E-state index in [4.69, 9.17) is 11.6 Å². The Bertz CT molecular complexity index is 1100. The lowest BCUT2D eigenvalue weighted by atomic mass is 10.2. The highest BCUT2D eigenvalue weighted by Crippen LogP contribution is 2.34. The van der Waals surface area contributed by atoms with Crippen LogP contribution in [0.2, 0.25) is 5.02 Å².